The molecular weight excluding hydrogens is 489 g/mol. The fraction of sp³-hybridized carbons (Fsp3) is 0.0769. The van der Waals surface area contributed by atoms with Gasteiger partial charge in [0.25, 0.3) is 17.7 Å². The number of nitrogens with one attached hydrogen (secondary N) is 2. The summed E-state index contributed by atoms with van der Waals surface area (Å²) in [5.41, 5.74) is 1.85. The molecule has 1 fully saturated rings. The van der Waals surface area contributed by atoms with Crippen LogP contribution in [0.4, 0.5) is 20.6 Å². The third-order valence-electron chi connectivity index (χ3n) is 5.15. The summed E-state index contributed by atoms with van der Waals surface area (Å²) in [5, 5.41) is 4.94. The number of nitrogens with zero attached hydrogens (tertiary/aromatic N) is 1. The van der Waals surface area contributed by atoms with E-state index in [0.29, 0.717) is 11.3 Å². The molecule has 2 N–H and O–H groups in total. The quantitative estimate of drug-likeness (QED) is 0.378. The first-order chi connectivity index (χ1) is 17.2. The van der Waals surface area contributed by atoms with Crippen molar-refractivity contribution in [1.82, 2.24) is 5.32 Å². The highest BCUT2D eigenvalue weighted by Gasteiger charge is 2.36. The van der Waals surface area contributed by atoms with Gasteiger partial charge in [-0.1, -0.05) is 35.4 Å². The molecule has 36 heavy (non-hydrogen) atoms. The van der Waals surface area contributed by atoms with Gasteiger partial charge in [-0.05, 0) is 67.1 Å². The lowest BCUT2D eigenvalue weighted by Crippen LogP contribution is -2.54. The van der Waals surface area contributed by atoms with Crippen LogP contribution < -0.4 is 20.3 Å². The van der Waals surface area contributed by atoms with E-state index in [0.717, 1.165) is 22.6 Å². The van der Waals surface area contributed by atoms with Crippen LogP contribution in [0.5, 0.6) is 5.75 Å². The summed E-state index contributed by atoms with van der Waals surface area (Å²) in [6.45, 7) is 1.65. The van der Waals surface area contributed by atoms with E-state index in [2.05, 4.69) is 10.6 Å². The van der Waals surface area contributed by atoms with Crippen LogP contribution in [-0.4, -0.2) is 30.4 Å². The second-order valence-electron chi connectivity index (χ2n) is 7.83. The molecule has 0 atom stereocenters. The zero-order valence-corrected chi connectivity index (χ0v) is 19.6. The van der Waals surface area contributed by atoms with Crippen LogP contribution in [0.3, 0.4) is 0 Å². The summed E-state index contributed by atoms with van der Waals surface area (Å²) in [6, 6.07) is 15.5. The number of carbonyl (C=O) groups excluding carboxylic acids is 4. The van der Waals surface area contributed by atoms with Gasteiger partial charge in [0.15, 0.2) is 6.61 Å². The van der Waals surface area contributed by atoms with E-state index < -0.39 is 23.7 Å². The Kier molecular flexibility index (Phi) is 7.12. The van der Waals surface area contributed by atoms with E-state index in [1.165, 1.54) is 36.4 Å². The molecule has 10 heteroatoms. The topological polar surface area (TPSA) is 105 Å². The Bertz CT molecular complexity index is 1390. The molecule has 0 bridgehead atoms. The third-order valence-corrected chi connectivity index (χ3v) is 5.44. The molecule has 3 aromatic carbocycles. The van der Waals surface area contributed by atoms with E-state index in [4.69, 9.17) is 16.3 Å². The number of anilines is 2. The van der Waals surface area contributed by atoms with Crippen molar-refractivity contribution in [1.29, 1.82) is 0 Å². The number of imide groups is 2. The first-order valence-electron chi connectivity index (χ1n) is 10.7. The Morgan fingerprint density at radius 3 is 2.42 bits per heavy atom. The van der Waals surface area contributed by atoms with Gasteiger partial charge in [-0.3, -0.25) is 19.7 Å². The molecule has 1 heterocycles. The molecule has 4 rings (SSSR count). The smallest absolute Gasteiger partial charge is 0.335 e. The van der Waals surface area contributed by atoms with E-state index in [-0.39, 0.29) is 34.5 Å². The van der Waals surface area contributed by atoms with Crippen molar-refractivity contribution in [2.45, 2.75) is 6.92 Å². The van der Waals surface area contributed by atoms with Gasteiger partial charge in [-0.2, -0.15) is 0 Å². The number of carbonyl (C=O) groups is 4. The van der Waals surface area contributed by atoms with Gasteiger partial charge in [0.2, 0.25) is 0 Å². The predicted molar refractivity (Wildman–Crippen MR) is 132 cm³/mol. The molecule has 0 saturated carbocycles. The highest BCUT2D eigenvalue weighted by Crippen LogP contribution is 2.28. The summed E-state index contributed by atoms with van der Waals surface area (Å²) in [7, 11) is 0. The van der Waals surface area contributed by atoms with Crippen LogP contribution in [0.1, 0.15) is 11.1 Å². The summed E-state index contributed by atoms with van der Waals surface area (Å²) >= 11 is 6.27. The minimum atomic E-state index is -0.945. The second kappa shape index (κ2) is 10.4. The van der Waals surface area contributed by atoms with Crippen LogP contribution >= 0.6 is 11.6 Å². The molecule has 3 aromatic rings. The van der Waals surface area contributed by atoms with Crippen LogP contribution in [0.15, 0.2) is 72.3 Å². The third kappa shape index (κ3) is 5.59. The van der Waals surface area contributed by atoms with Gasteiger partial charge < -0.3 is 10.1 Å². The van der Waals surface area contributed by atoms with Crippen molar-refractivity contribution in [2.24, 2.45) is 0 Å². The predicted octanol–water partition coefficient (Wildman–Crippen LogP) is 4.47. The van der Waals surface area contributed by atoms with Gasteiger partial charge in [0.05, 0.1) is 10.7 Å². The van der Waals surface area contributed by atoms with Crippen molar-refractivity contribution in [3.8, 4) is 5.75 Å². The van der Waals surface area contributed by atoms with Gasteiger partial charge >= 0.3 is 6.03 Å². The van der Waals surface area contributed by atoms with Crippen molar-refractivity contribution in [2.75, 3.05) is 16.8 Å². The number of rotatable bonds is 6. The minimum absolute atomic E-state index is 0.1000. The summed E-state index contributed by atoms with van der Waals surface area (Å²) < 4.78 is 18.7. The largest absolute Gasteiger partial charge is 0.482 e. The average molecular weight is 508 g/mol. The molecule has 1 aliphatic rings. The number of benzene rings is 3. The second-order valence-corrected chi connectivity index (χ2v) is 8.23. The monoisotopic (exact) mass is 507 g/mol. The molecule has 0 aliphatic carbocycles. The Morgan fingerprint density at radius 1 is 1.06 bits per heavy atom. The Labute approximate surface area is 210 Å². The lowest BCUT2D eigenvalue weighted by atomic mass is 10.1. The van der Waals surface area contributed by atoms with Crippen molar-refractivity contribution in [3.63, 3.8) is 0 Å². The molecule has 0 radical (unpaired) electrons. The van der Waals surface area contributed by atoms with Gasteiger partial charge in [-0.15, -0.1) is 0 Å². The van der Waals surface area contributed by atoms with E-state index >= 15 is 0 Å². The number of ether oxygens (including phenoxy) is 1. The molecule has 1 saturated heterocycles. The molecular formula is C26H19ClFN3O5. The zero-order valence-electron chi connectivity index (χ0n) is 18.9. The lowest BCUT2D eigenvalue weighted by Gasteiger charge is -2.26. The van der Waals surface area contributed by atoms with Crippen LogP contribution in [-0.2, 0) is 14.4 Å². The molecule has 0 aromatic heterocycles. The molecule has 0 unspecified atom stereocenters. The summed E-state index contributed by atoms with van der Waals surface area (Å²) in [4.78, 5) is 50.4. The lowest BCUT2D eigenvalue weighted by molar-refractivity contribution is -0.122. The van der Waals surface area contributed by atoms with E-state index in [9.17, 15) is 23.6 Å². The number of urea groups is 1. The zero-order chi connectivity index (χ0) is 25.8. The van der Waals surface area contributed by atoms with E-state index in [1.807, 2.05) is 19.1 Å². The van der Waals surface area contributed by atoms with Crippen LogP contribution in [0.2, 0.25) is 5.02 Å². The number of aryl methyl sites for hydroxylation is 1. The number of barbiturate groups is 1. The molecule has 5 amide bonds. The molecule has 0 spiro atoms. The summed E-state index contributed by atoms with van der Waals surface area (Å²) in [5.74, 6) is -2.45. The Morgan fingerprint density at radius 2 is 1.75 bits per heavy atom. The Balaban J connectivity index is 1.47. The maximum atomic E-state index is 13.2. The highest BCUT2D eigenvalue weighted by atomic mass is 35.5. The van der Waals surface area contributed by atoms with Gasteiger partial charge in [-0.25, -0.2) is 14.1 Å². The highest BCUT2D eigenvalue weighted by molar-refractivity contribution is 6.39. The standard InChI is InChI=1S/C26H19ClFN3O5/c1-15-2-7-18(8-3-15)29-23(32)14-36-22-11-4-16(13-21(22)27)12-20-24(33)30-26(35)31(25(20)34)19-9-5-17(28)6-10-19/h2-13H,14H2,1H3,(H,29,32)(H,30,33,35)/b20-12+. The minimum Gasteiger partial charge on any atom is -0.482 e. The number of halogens is 2. The molecule has 8 nitrogen and oxygen atoms in total. The summed E-state index contributed by atoms with van der Waals surface area (Å²) in [6.07, 6.45) is 1.26. The maximum absolute atomic E-state index is 13.2. The van der Waals surface area contributed by atoms with Crippen LogP contribution in [0.25, 0.3) is 6.08 Å². The van der Waals surface area contributed by atoms with Crippen molar-refractivity contribution in [3.05, 3.63) is 94.3 Å². The fourth-order valence-electron chi connectivity index (χ4n) is 3.35. The first-order valence-corrected chi connectivity index (χ1v) is 11.0. The van der Waals surface area contributed by atoms with Crippen molar-refractivity contribution < 1.29 is 28.3 Å². The Hall–Kier alpha value is -4.50. The van der Waals surface area contributed by atoms with E-state index in [1.54, 1.807) is 12.1 Å². The number of hydrogen-bond donors (Lipinski definition) is 2. The number of amides is 5. The number of hydrogen-bond acceptors (Lipinski definition) is 5. The maximum Gasteiger partial charge on any atom is 0.335 e. The van der Waals surface area contributed by atoms with Gasteiger partial charge in [0, 0.05) is 5.69 Å². The SMILES string of the molecule is Cc1ccc(NC(=O)COc2ccc(/C=C3\C(=O)NC(=O)N(c4ccc(F)cc4)C3=O)cc2Cl)cc1. The molecule has 1 aliphatic heterocycles. The van der Waals surface area contributed by atoms with Crippen molar-refractivity contribution >= 4 is 52.8 Å². The average Bonchev–Trinajstić information content (AvgIpc) is 2.84. The molecule has 182 valence electrons. The van der Waals surface area contributed by atoms with Crippen LogP contribution in [0, 0.1) is 12.7 Å². The fourth-order valence-corrected chi connectivity index (χ4v) is 3.59. The normalized spacial score (nSPS) is 14.6. The van der Waals surface area contributed by atoms with Gasteiger partial charge in [0.1, 0.15) is 17.1 Å². The first kappa shape index (κ1) is 24.6.